The summed E-state index contributed by atoms with van der Waals surface area (Å²) in [6.07, 6.45) is 9.63. The second-order valence-electron chi connectivity index (χ2n) is 10.4. The number of hydrogen-bond acceptors (Lipinski definition) is 6. The number of rotatable bonds is 14. The third-order valence-electron chi connectivity index (χ3n) is 6.55. The van der Waals surface area contributed by atoms with Gasteiger partial charge < -0.3 is 31.3 Å². The van der Waals surface area contributed by atoms with Gasteiger partial charge in [0.15, 0.2) is 0 Å². The number of benzene rings is 1. The van der Waals surface area contributed by atoms with Gasteiger partial charge in [-0.1, -0.05) is 68.0 Å². The van der Waals surface area contributed by atoms with Crippen LogP contribution in [0.3, 0.4) is 0 Å². The standard InChI is InChI=1S/C29H43N5O4/c1-5-14-29(18-23(2)11-9-10-15-30)21-33(16-17-34(29)22-35)26(36)25(32-27(37)28(3,4)31)20-38-19-24-12-7-6-8-13-24/h6-13,15,22,25H,2,5,14,16-21,30-31H2,1,3-4H3,(H,32,37)/b11-9-,15-10-/t25-,29?/m1/s1. The van der Waals surface area contributed by atoms with Crippen LogP contribution in [0.25, 0.3) is 0 Å². The van der Waals surface area contributed by atoms with E-state index in [1.165, 1.54) is 6.20 Å². The van der Waals surface area contributed by atoms with Crippen molar-refractivity contribution in [3.05, 3.63) is 72.5 Å². The van der Waals surface area contributed by atoms with Crippen molar-refractivity contribution in [1.82, 2.24) is 15.1 Å². The minimum atomic E-state index is -1.16. The number of carbonyl (C=O) groups is 3. The Labute approximate surface area is 226 Å². The van der Waals surface area contributed by atoms with Gasteiger partial charge in [-0.3, -0.25) is 14.4 Å². The highest BCUT2D eigenvalue weighted by Crippen LogP contribution is 2.32. The van der Waals surface area contributed by atoms with Crippen LogP contribution in [0, 0.1) is 0 Å². The minimum absolute atomic E-state index is 0.00884. The summed E-state index contributed by atoms with van der Waals surface area (Å²) in [5.74, 6) is -0.717. The summed E-state index contributed by atoms with van der Waals surface area (Å²) in [4.78, 5) is 42.1. The highest BCUT2D eigenvalue weighted by atomic mass is 16.5. The molecule has 0 spiro atoms. The largest absolute Gasteiger partial charge is 0.405 e. The molecule has 0 saturated carbocycles. The van der Waals surface area contributed by atoms with E-state index in [0.717, 1.165) is 24.0 Å². The second-order valence-corrected chi connectivity index (χ2v) is 10.4. The second kappa shape index (κ2) is 14.5. The quantitative estimate of drug-likeness (QED) is 0.252. The normalized spacial score (nSPS) is 19.1. The third-order valence-corrected chi connectivity index (χ3v) is 6.55. The Morgan fingerprint density at radius 1 is 1.24 bits per heavy atom. The first-order valence-corrected chi connectivity index (χ1v) is 13.0. The molecule has 38 heavy (non-hydrogen) atoms. The number of amides is 3. The van der Waals surface area contributed by atoms with Crippen LogP contribution in [0.4, 0.5) is 0 Å². The lowest BCUT2D eigenvalue weighted by Crippen LogP contribution is -2.66. The first-order valence-electron chi connectivity index (χ1n) is 13.0. The van der Waals surface area contributed by atoms with Crippen LogP contribution in [0.2, 0.25) is 0 Å². The van der Waals surface area contributed by atoms with Crippen molar-refractivity contribution in [3.8, 4) is 0 Å². The van der Waals surface area contributed by atoms with E-state index in [1.54, 1.807) is 35.8 Å². The fourth-order valence-corrected chi connectivity index (χ4v) is 4.62. The molecule has 0 bridgehead atoms. The summed E-state index contributed by atoms with van der Waals surface area (Å²) in [5, 5.41) is 2.79. The highest BCUT2D eigenvalue weighted by molar-refractivity contribution is 5.91. The minimum Gasteiger partial charge on any atom is -0.405 e. The number of nitrogens with zero attached hydrogens (tertiary/aromatic N) is 2. The molecule has 0 aromatic heterocycles. The fraction of sp³-hybridized carbons (Fsp3) is 0.483. The van der Waals surface area contributed by atoms with Gasteiger partial charge in [-0.25, -0.2) is 0 Å². The van der Waals surface area contributed by atoms with Gasteiger partial charge >= 0.3 is 0 Å². The van der Waals surface area contributed by atoms with Crippen molar-refractivity contribution >= 4 is 18.2 Å². The molecular formula is C29H43N5O4. The highest BCUT2D eigenvalue weighted by Gasteiger charge is 2.43. The van der Waals surface area contributed by atoms with Gasteiger partial charge in [-0.05, 0) is 44.5 Å². The zero-order valence-electron chi connectivity index (χ0n) is 22.9. The van der Waals surface area contributed by atoms with Gasteiger partial charge in [-0.2, -0.15) is 0 Å². The summed E-state index contributed by atoms with van der Waals surface area (Å²) in [7, 11) is 0. The van der Waals surface area contributed by atoms with Crippen LogP contribution in [-0.4, -0.2) is 71.4 Å². The molecule has 1 fully saturated rings. The molecule has 0 aliphatic carbocycles. The molecule has 5 N–H and O–H groups in total. The number of hydrogen-bond donors (Lipinski definition) is 3. The van der Waals surface area contributed by atoms with Crippen LogP contribution < -0.4 is 16.8 Å². The van der Waals surface area contributed by atoms with E-state index >= 15 is 0 Å². The predicted octanol–water partition coefficient (Wildman–Crippen LogP) is 2.24. The lowest BCUT2D eigenvalue weighted by molar-refractivity contribution is -0.147. The van der Waals surface area contributed by atoms with Crippen LogP contribution >= 0.6 is 0 Å². The Hall–Kier alpha value is -3.43. The summed E-state index contributed by atoms with van der Waals surface area (Å²) in [6, 6.07) is 8.68. The molecule has 1 aliphatic rings. The zero-order valence-corrected chi connectivity index (χ0v) is 22.9. The number of allylic oxidation sites excluding steroid dienone is 3. The molecule has 1 unspecified atom stereocenters. The monoisotopic (exact) mass is 525 g/mol. The third kappa shape index (κ3) is 8.85. The van der Waals surface area contributed by atoms with Crippen LogP contribution in [-0.2, 0) is 25.7 Å². The van der Waals surface area contributed by atoms with E-state index < -0.39 is 23.0 Å². The molecule has 208 valence electrons. The number of carbonyl (C=O) groups excluding carboxylic acids is 3. The maximum absolute atomic E-state index is 13.8. The molecule has 1 heterocycles. The molecule has 2 rings (SSSR count). The van der Waals surface area contributed by atoms with E-state index in [0.29, 0.717) is 39.1 Å². The summed E-state index contributed by atoms with van der Waals surface area (Å²) < 4.78 is 5.86. The van der Waals surface area contributed by atoms with Crippen molar-refractivity contribution in [2.24, 2.45) is 11.5 Å². The van der Waals surface area contributed by atoms with Gasteiger partial charge in [0, 0.05) is 19.6 Å². The van der Waals surface area contributed by atoms with E-state index in [4.69, 9.17) is 16.2 Å². The van der Waals surface area contributed by atoms with Gasteiger partial charge in [0.2, 0.25) is 18.2 Å². The molecular weight excluding hydrogens is 482 g/mol. The van der Waals surface area contributed by atoms with Crippen molar-refractivity contribution in [1.29, 1.82) is 0 Å². The molecule has 1 aromatic carbocycles. The number of piperazine rings is 1. The average Bonchev–Trinajstić information content (AvgIpc) is 2.88. The van der Waals surface area contributed by atoms with Crippen LogP contribution in [0.5, 0.6) is 0 Å². The van der Waals surface area contributed by atoms with E-state index in [9.17, 15) is 14.4 Å². The number of nitrogens with one attached hydrogen (secondary N) is 1. The average molecular weight is 526 g/mol. The Kier molecular flexibility index (Phi) is 11.7. The van der Waals surface area contributed by atoms with Gasteiger partial charge in [0.25, 0.3) is 0 Å². The maximum atomic E-state index is 13.8. The van der Waals surface area contributed by atoms with Crippen molar-refractivity contribution in [2.75, 3.05) is 26.2 Å². The van der Waals surface area contributed by atoms with Crippen LogP contribution in [0.1, 0.15) is 45.6 Å². The van der Waals surface area contributed by atoms with E-state index in [2.05, 4.69) is 11.9 Å². The Bertz CT molecular complexity index is 1000. The van der Waals surface area contributed by atoms with Crippen molar-refractivity contribution in [3.63, 3.8) is 0 Å². The molecule has 9 heteroatoms. The molecule has 2 atom stereocenters. The SMILES string of the molecule is C=C(/C=C\C=C/N)CC1(CCC)CN(C(=O)[C@@H](COCc2ccccc2)NC(=O)C(C)(C)N)CCN1C=O. The molecule has 9 nitrogen and oxygen atoms in total. The lowest BCUT2D eigenvalue weighted by Gasteiger charge is -2.50. The van der Waals surface area contributed by atoms with E-state index in [-0.39, 0.29) is 12.5 Å². The molecule has 3 amide bonds. The lowest BCUT2D eigenvalue weighted by atomic mass is 9.82. The molecule has 0 radical (unpaired) electrons. The molecule has 1 saturated heterocycles. The zero-order chi connectivity index (χ0) is 28.2. The number of nitrogens with two attached hydrogens (primary N) is 2. The first-order chi connectivity index (χ1) is 18.1. The smallest absolute Gasteiger partial charge is 0.247 e. The van der Waals surface area contributed by atoms with Crippen molar-refractivity contribution in [2.45, 2.75) is 63.8 Å². The van der Waals surface area contributed by atoms with Gasteiger partial charge in [0.05, 0.1) is 24.3 Å². The summed E-state index contributed by atoms with van der Waals surface area (Å²) in [6.45, 7) is 10.7. The molecule has 1 aliphatic heterocycles. The maximum Gasteiger partial charge on any atom is 0.247 e. The topological polar surface area (TPSA) is 131 Å². The van der Waals surface area contributed by atoms with Gasteiger partial charge in [-0.15, -0.1) is 0 Å². The summed E-state index contributed by atoms with van der Waals surface area (Å²) in [5.41, 5.74) is 11.4. The van der Waals surface area contributed by atoms with Crippen LogP contribution in [0.15, 0.2) is 66.9 Å². The Morgan fingerprint density at radius 2 is 1.95 bits per heavy atom. The number of ether oxygens (including phenoxy) is 1. The van der Waals surface area contributed by atoms with Crippen molar-refractivity contribution < 1.29 is 19.1 Å². The first kappa shape index (κ1) is 30.8. The Morgan fingerprint density at radius 3 is 2.55 bits per heavy atom. The van der Waals surface area contributed by atoms with E-state index in [1.807, 2.05) is 43.3 Å². The predicted molar refractivity (Wildman–Crippen MR) is 150 cm³/mol. The fourth-order valence-electron chi connectivity index (χ4n) is 4.62. The Balaban J connectivity index is 2.26. The summed E-state index contributed by atoms with van der Waals surface area (Å²) >= 11 is 0. The van der Waals surface area contributed by atoms with Gasteiger partial charge in [0.1, 0.15) is 6.04 Å². The molecule has 1 aromatic rings.